The number of hydrogen-bond donors (Lipinski definition) is 1. The summed E-state index contributed by atoms with van der Waals surface area (Å²) in [4.78, 5) is 28.5. The third-order valence-electron chi connectivity index (χ3n) is 5.27. The third-order valence-corrected chi connectivity index (χ3v) is 6.49. The Kier molecular flexibility index (Phi) is 5.95. The number of thiophene rings is 1. The highest BCUT2D eigenvalue weighted by Gasteiger charge is 2.47. The van der Waals surface area contributed by atoms with Crippen LogP contribution in [0.4, 0.5) is 5.69 Å². The van der Waals surface area contributed by atoms with Crippen molar-refractivity contribution < 1.29 is 24.2 Å². The van der Waals surface area contributed by atoms with Gasteiger partial charge in [0.25, 0.3) is 11.7 Å². The Hall–Kier alpha value is -3.29. The normalized spacial score (nSPS) is 17.6. The summed E-state index contributed by atoms with van der Waals surface area (Å²) in [5.41, 5.74) is 1.70. The van der Waals surface area contributed by atoms with Crippen molar-refractivity contribution in [3.8, 4) is 11.5 Å². The van der Waals surface area contributed by atoms with Crippen molar-refractivity contribution in [2.75, 3.05) is 19.1 Å². The van der Waals surface area contributed by atoms with E-state index in [0.29, 0.717) is 11.4 Å². The monoisotopic (exact) mass is 469 g/mol. The average molecular weight is 470 g/mol. The molecular formula is C24H20ClNO5S. The van der Waals surface area contributed by atoms with Gasteiger partial charge in [0.2, 0.25) is 0 Å². The molecule has 0 radical (unpaired) electrons. The standard InChI is InChI=1S/C24H20ClNO5S/c1-13-6-4-7-14(10-13)26-21(19-8-5-9-32-19)20(23(28)24(26)29)22(27)15-11-18(31-3)16(25)12-17(15)30-2/h4-12,21,27H,1-3H3/b22-20+. The van der Waals surface area contributed by atoms with Crippen molar-refractivity contribution in [2.45, 2.75) is 13.0 Å². The number of carbonyl (C=O) groups excluding carboxylic acids is 2. The highest BCUT2D eigenvalue weighted by atomic mass is 35.5. The molecule has 0 saturated carbocycles. The number of amides is 1. The van der Waals surface area contributed by atoms with Crippen LogP contribution in [0.1, 0.15) is 22.0 Å². The van der Waals surface area contributed by atoms with Gasteiger partial charge in [-0.3, -0.25) is 14.5 Å². The second-order valence-corrected chi connectivity index (χ2v) is 8.60. The predicted octanol–water partition coefficient (Wildman–Crippen LogP) is 5.35. The predicted molar refractivity (Wildman–Crippen MR) is 125 cm³/mol. The fraction of sp³-hybridized carbons (Fsp3) is 0.167. The van der Waals surface area contributed by atoms with Crippen LogP contribution in [0.5, 0.6) is 11.5 Å². The summed E-state index contributed by atoms with van der Waals surface area (Å²) < 4.78 is 10.6. The summed E-state index contributed by atoms with van der Waals surface area (Å²) in [5.74, 6) is -1.30. The number of Topliss-reactive ketones (excluding diaryl/α,β-unsaturated/α-hetero) is 1. The molecule has 0 spiro atoms. The van der Waals surface area contributed by atoms with Crippen LogP contribution in [0, 0.1) is 6.92 Å². The molecule has 2 heterocycles. The molecule has 1 amide bonds. The highest BCUT2D eigenvalue weighted by Crippen LogP contribution is 2.45. The lowest BCUT2D eigenvalue weighted by atomic mass is 9.99. The molecule has 1 N–H and O–H groups in total. The summed E-state index contributed by atoms with van der Waals surface area (Å²) in [6.07, 6.45) is 0. The zero-order valence-corrected chi connectivity index (χ0v) is 19.2. The Morgan fingerprint density at radius 2 is 1.81 bits per heavy atom. The summed E-state index contributed by atoms with van der Waals surface area (Å²) in [6.45, 7) is 1.91. The van der Waals surface area contributed by atoms with Crippen LogP contribution < -0.4 is 14.4 Å². The molecule has 1 saturated heterocycles. The second kappa shape index (κ2) is 8.68. The van der Waals surface area contributed by atoms with E-state index in [-0.39, 0.29) is 27.7 Å². The summed E-state index contributed by atoms with van der Waals surface area (Å²) in [5, 5.41) is 13.5. The molecule has 3 aromatic rings. The molecule has 1 unspecified atom stereocenters. The van der Waals surface area contributed by atoms with Gasteiger partial charge in [-0.1, -0.05) is 29.8 Å². The van der Waals surface area contributed by atoms with E-state index in [9.17, 15) is 14.7 Å². The number of methoxy groups -OCH3 is 2. The fourth-order valence-electron chi connectivity index (χ4n) is 3.78. The molecule has 8 heteroatoms. The van der Waals surface area contributed by atoms with Crippen LogP contribution >= 0.6 is 22.9 Å². The maximum atomic E-state index is 13.2. The summed E-state index contributed by atoms with van der Waals surface area (Å²) in [6, 6.07) is 13.2. The van der Waals surface area contributed by atoms with Crippen LogP contribution in [-0.2, 0) is 9.59 Å². The number of ether oxygens (including phenoxy) is 2. The minimum Gasteiger partial charge on any atom is -0.507 e. The van der Waals surface area contributed by atoms with Gasteiger partial charge in [-0.2, -0.15) is 0 Å². The van der Waals surface area contributed by atoms with Gasteiger partial charge in [0.15, 0.2) is 0 Å². The fourth-order valence-corrected chi connectivity index (χ4v) is 4.84. The lowest BCUT2D eigenvalue weighted by Gasteiger charge is -2.24. The minimum atomic E-state index is -0.789. The number of benzene rings is 2. The number of aliphatic hydroxyl groups is 1. The average Bonchev–Trinajstić information content (AvgIpc) is 3.40. The van der Waals surface area contributed by atoms with Crippen molar-refractivity contribution >= 4 is 46.1 Å². The molecule has 1 aromatic heterocycles. The van der Waals surface area contributed by atoms with E-state index in [2.05, 4.69) is 0 Å². The molecule has 1 fully saturated rings. The van der Waals surface area contributed by atoms with Gasteiger partial charge in [-0.05, 0) is 42.1 Å². The van der Waals surface area contributed by atoms with E-state index in [1.165, 1.54) is 42.6 Å². The van der Waals surface area contributed by atoms with Crippen LogP contribution in [0.25, 0.3) is 5.76 Å². The Balaban J connectivity index is 1.98. The largest absolute Gasteiger partial charge is 0.507 e. The molecule has 1 atom stereocenters. The van der Waals surface area contributed by atoms with E-state index in [1.807, 2.05) is 42.6 Å². The summed E-state index contributed by atoms with van der Waals surface area (Å²) in [7, 11) is 2.87. The van der Waals surface area contributed by atoms with E-state index in [1.54, 1.807) is 6.07 Å². The van der Waals surface area contributed by atoms with Gasteiger partial charge in [0.05, 0.1) is 30.4 Å². The SMILES string of the molecule is COc1cc(/C(O)=C2\C(=O)C(=O)N(c3cccc(C)c3)C2c2cccs2)c(OC)cc1Cl. The smallest absolute Gasteiger partial charge is 0.300 e. The molecule has 0 aliphatic carbocycles. The topological polar surface area (TPSA) is 76.1 Å². The zero-order chi connectivity index (χ0) is 23.0. The van der Waals surface area contributed by atoms with Gasteiger partial charge in [-0.25, -0.2) is 0 Å². The number of aryl methyl sites for hydroxylation is 1. The number of hydrogen-bond acceptors (Lipinski definition) is 6. The quantitative estimate of drug-likeness (QED) is 0.309. The molecule has 2 aromatic carbocycles. The molecule has 6 nitrogen and oxygen atoms in total. The number of halogens is 1. The van der Waals surface area contributed by atoms with Crippen LogP contribution in [0.3, 0.4) is 0 Å². The Morgan fingerprint density at radius 1 is 1.06 bits per heavy atom. The van der Waals surface area contributed by atoms with Gasteiger partial charge in [0, 0.05) is 16.6 Å². The summed E-state index contributed by atoms with van der Waals surface area (Å²) >= 11 is 7.59. The number of rotatable bonds is 5. The number of carbonyl (C=O) groups is 2. The lowest BCUT2D eigenvalue weighted by molar-refractivity contribution is -0.132. The minimum absolute atomic E-state index is 0.0263. The number of nitrogens with zero attached hydrogens (tertiary/aromatic N) is 1. The third kappa shape index (κ3) is 3.63. The molecular weight excluding hydrogens is 450 g/mol. The first kappa shape index (κ1) is 21.9. The first-order chi connectivity index (χ1) is 15.4. The maximum absolute atomic E-state index is 13.2. The van der Waals surface area contributed by atoms with E-state index in [0.717, 1.165) is 10.4 Å². The zero-order valence-electron chi connectivity index (χ0n) is 17.6. The number of anilines is 1. The lowest BCUT2D eigenvalue weighted by Crippen LogP contribution is -2.29. The first-order valence-electron chi connectivity index (χ1n) is 9.70. The van der Waals surface area contributed by atoms with Crippen molar-refractivity contribution in [2.24, 2.45) is 0 Å². The molecule has 1 aliphatic rings. The van der Waals surface area contributed by atoms with Gasteiger partial charge in [0.1, 0.15) is 23.3 Å². The van der Waals surface area contributed by atoms with Gasteiger partial charge < -0.3 is 14.6 Å². The first-order valence-corrected chi connectivity index (χ1v) is 11.0. The highest BCUT2D eigenvalue weighted by molar-refractivity contribution is 7.10. The van der Waals surface area contributed by atoms with Crippen LogP contribution in [-0.4, -0.2) is 31.0 Å². The van der Waals surface area contributed by atoms with E-state index < -0.39 is 17.7 Å². The molecule has 4 rings (SSSR count). The van der Waals surface area contributed by atoms with Crippen LogP contribution in [0.15, 0.2) is 59.5 Å². The van der Waals surface area contributed by atoms with Crippen molar-refractivity contribution in [3.63, 3.8) is 0 Å². The molecule has 32 heavy (non-hydrogen) atoms. The van der Waals surface area contributed by atoms with Crippen LogP contribution in [0.2, 0.25) is 5.02 Å². The number of ketones is 1. The van der Waals surface area contributed by atoms with E-state index in [4.69, 9.17) is 21.1 Å². The Morgan fingerprint density at radius 3 is 2.44 bits per heavy atom. The molecule has 164 valence electrons. The van der Waals surface area contributed by atoms with Gasteiger partial charge >= 0.3 is 0 Å². The van der Waals surface area contributed by atoms with E-state index >= 15 is 0 Å². The maximum Gasteiger partial charge on any atom is 0.300 e. The Bertz CT molecular complexity index is 1240. The Labute approximate surface area is 194 Å². The van der Waals surface area contributed by atoms with Crippen molar-refractivity contribution in [1.29, 1.82) is 0 Å². The van der Waals surface area contributed by atoms with Crippen molar-refractivity contribution in [3.05, 3.63) is 80.5 Å². The molecule has 0 bridgehead atoms. The molecule has 1 aliphatic heterocycles. The van der Waals surface area contributed by atoms with Gasteiger partial charge in [-0.15, -0.1) is 11.3 Å². The number of aliphatic hydroxyl groups excluding tert-OH is 1. The van der Waals surface area contributed by atoms with Crippen molar-refractivity contribution in [1.82, 2.24) is 0 Å². The second-order valence-electron chi connectivity index (χ2n) is 7.21.